The van der Waals surface area contributed by atoms with Gasteiger partial charge in [0.1, 0.15) is 47.1 Å². The van der Waals surface area contributed by atoms with E-state index in [1.165, 1.54) is 0 Å². The fraction of sp³-hybridized carbons (Fsp3) is 0.308. The number of ether oxygens (including phenoxy) is 2. The SMILES string of the molecule is C=C(C)C(=O)OCCNc1nc(NCCOC(=O)C(=C)C)c(C#N)c(C)c1N.Cc1c(C#N)sc(N)c1C#N. The van der Waals surface area contributed by atoms with Gasteiger partial charge in [-0.25, -0.2) is 14.6 Å². The van der Waals surface area contributed by atoms with Crippen molar-refractivity contribution >= 4 is 45.6 Å². The predicted molar refractivity (Wildman–Crippen MR) is 150 cm³/mol. The van der Waals surface area contributed by atoms with Crippen LogP contribution in [0.15, 0.2) is 24.3 Å². The van der Waals surface area contributed by atoms with Gasteiger partial charge in [0.2, 0.25) is 0 Å². The van der Waals surface area contributed by atoms with E-state index in [1.54, 1.807) is 27.7 Å². The summed E-state index contributed by atoms with van der Waals surface area (Å²) in [4.78, 5) is 27.6. The van der Waals surface area contributed by atoms with E-state index in [0.29, 0.717) is 60.6 Å². The Kier molecular flexibility index (Phi) is 12.5. The Labute approximate surface area is 231 Å². The number of nitrogen functional groups attached to an aromatic ring is 2. The van der Waals surface area contributed by atoms with E-state index in [2.05, 4.69) is 34.8 Å². The number of anilines is 4. The van der Waals surface area contributed by atoms with Gasteiger partial charge < -0.3 is 31.6 Å². The van der Waals surface area contributed by atoms with E-state index >= 15 is 0 Å². The van der Waals surface area contributed by atoms with Crippen LogP contribution in [0.4, 0.5) is 22.3 Å². The lowest BCUT2D eigenvalue weighted by Crippen LogP contribution is -2.18. The number of hydrogen-bond donors (Lipinski definition) is 4. The third-order valence-electron chi connectivity index (χ3n) is 4.95. The highest BCUT2D eigenvalue weighted by Gasteiger charge is 2.15. The van der Waals surface area contributed by atoms with Crippen molar-refractivity contribution in [2.45, 2.75) is 27.7 Å². The van der Waals surface area contributed by atoms with E-state index in [0.717, 1.165) is 11.3 Å². The molecule has 0 aliphatic heterocycles. The van der Waals surface area contributed by atoms with Gasteiger partial charge in [0, 0.05) is 11.1 Å². The second-order valence-electron chi connectivity index (χ2n) is 8.04. The first-order chi connectivity index (χ1) is 18.4. The average molecular weight is 551 g/mol. The van der Waals surface area contributed by atoms with Gasteiger partial charge >= 0.3 is 11.9 Å². The first-order valence-corrected chi connectivity index (χ1v) is 12.2. The maximum atomic E-state index is 11.4. The number of pyridine rings is 1. The monoisotopic (exact) mass is 550 g/mol. The molecule has 0 saturated heterocycles. The second kappa shape index (κ2) is 15.3. The standard InChI is InChI=1S/C19H25N5O4.C7H5N3S/c1-11(2)18(25)27-8-6-22-16-14(10-20)13(5)15(21)17(24-16)23-7-9-28-19(26)12(3)4;1-4-5(2-8)7(10)11-6(4)3-9/h1,3,6-9,21H2,2,4-5H3,(H2,22,23,24);10H2,1H3. The summed E-state index contributed by atoms with van der Waals surface area (Å²) in [5, 5.41) is 32.9. The lowest BCUT2D eigenvalue weighted by molar-refractivity contribution is -0.139. The lowest BCUT2D eigenvalue weighted by atomic mass is 10.1. The molecule has 0 aliphatic carbocycles. The van der Waals surface area contributed by atoms with E-state index < -0.39 is 11.9 Å². The van der Waals surface area contributed by atoms with E-state index in [-0.39, 0.29) is 26.3 Å². The second-order valence-corrected chi connectivity index (χ2v) is 9.09. The number of thiophene rings is 1. The van der Waals surface area contributed by atoms with Crippen LogP contribution in [0.25, 0.3) is 0 Å². The molecule has 0 unspecified atom stereocenters. The topological polar surface area (TPSA) is 213 Å². The molecule has 2 rings (SSSR count). The molecule has 39 heavy (non-hydrogen) atoms. The first-order valence-electron chi connectivity index (χ1n) is 11.4. The van der Waals surface area contributed by atoms with Crippen molar-refractivity contribution in [3.8, 4) is 18.2 Å². The molecule has 0 saturated carbocycles. The Balaban J connectivity index is 0.000000573. The largest absolute Gasteiger partial charge is 0.460 e. The molecule has 204 valence electrons. The van der Waals surface area contributed by atoms with Crippen molar-refractivity contribution < 1.29 is 19.1 Å². The van der Waals surface area contributed by atoms with Gasteiger partial charge in [-0.3, -0.25) is 0 Å². The summed E-state index contributed by atoms with van der Waals surface area (Å²) in [6.07, 6.45) is 0. The third kappa shape index (κ3) is 9.08. The minimum atomic E-state index is -0.490. The lowest BCUT2D eigenvalue weighted by Gasteiger charge is -2.16. The van der Waals surface area contributed by atoms with Crippen molar-refractivity contribution in [2.75, 3.05) is 48.4 Å². The minimum absolute atomic E-state index is 0.0846. The molecule has 0 spiro atoms. The van der Waals surface area contributed by atoms with Crippen LogP contribution >= 0.6 is 11.3 Å². The maximum absolute atomic E-state index is 11.4. The molecule has 0 aliphatic rings. The zero-order chi connectivity index (χ0) is 29.7. The van der Waals surface area contributed by atoms with E-state index in [1.807, 2.05) is 12.1 Å². The van der Waals surface area contributed by atoms with Gasteiger partial charge in [-0.05, 0) is 38.8 Å². The quantitative estimate of drug-likeness (QED) is 0.190. The molecule has 13 heteroatoms. The van der Waals surface area contributed by atoms with Gasteiger partial charge in [0.05, 0.1) is 29.9 Å². The number of nitrogens with one attached hydrogen (secondary N) is 2. The molecule has 0 fully saturated rings. The highest BCUT2D eigenvalue weighted by molar-refractivity contribution is 7.16. The molecule has 0 atom stereocenters. The van der Waals surface area contributed by atoms with Crippen LogP contribution in [0.3, 0.4) is 0 Å². The smallest absolute Gasteiger partial charge is 0.333 e. The fourth-order valence-electron chi connectivity index (χ4n) is 2.77. The van der Waals surface area contributed by atoms with Gasteiger partial charge in [0.25, 0.3) is 0 Å². The third-order valence-corrected chi connectivity index (χ3v) is 5.97. The Morgan fingerprint density at radius 3 is 1.74 bits per heavy atom. The molecule has 2 aromatic heterocycles. The molecule has 0 aromatic carbocycles. The van der Waals surface area contributed by atoms with Crippen LogP contribution in [0.2, 0.25) is 0 Å². The van der Waals surface area contributed by atoms with Gasteiger partial charge in [-0.15, -0.1) is 11.3 Å². The zero-order valence-corrected chi connectivity index (χ0v) is 23.0. The van der Waals surface area contributed by atoms with Crippen molar-refractivity contribution in [3.05, 3.63) is 51.4 Å². The predicted octanol–water partition coefficient (Wildman–Crippen LogP) is 3.29. The van der Waals surface area contributed by atoms with Crippen molar-refractivity contribution in [1.29, 1.82) is 15.8 Å². The van der Waals surface area contributed by atoms with E-state index in [9.17, 15) is 14.9 Å². The number of aromatic nitrogens is 1. The molecule has 2 heterocycles. The number of carbonyl (C=O) groups excluding carboxylic acids is 2. The fourth-order valence-corrected chi connectivity index (χ4v) is 3.59. The van der Waals surface area contributed by atoms with Crippen molar-refractivity contribution in [2.24, 2.45) is 0 Å². The summed E-state index contributed by atoms with van der Waals surface area (Å²) in [5.74, 6) is -0.313. The number of hydrogen-bond acceptors (Lipinski definition) is 13. The Hall–Kier alpha value is -5.06. The normalized spacial score (nSPS) is 9.46. The van der Waals surface area contributed by atoms with Crippen molar-refractivity contribution in [1.82, 2.24) is 4.98 Å². The van der Waals surface area contributed by atoms with Crippen LogP contribution in [0.5, 0.6) is 0 Å². The Morgan fingerprint density at radius 1 is 0.872 bits per heavy atom. The Morgan fingerprint density at radius 2 is 1.36 bits per heavy atom. The van der Waals surface area contributed by atoms with Gasteiger partial charge in [-0.2, -0.15) is 15.8 Å². The van der Waals surface area contributed by atoms with Crippen LogP contribution in [0, 0.1) is 47.8 Å². The number of carbonyl (C=O) groups is 2. The molecule has 0 amide bonds. The van der Waals surface area contributed by atoms with Crippen LogP contribution in [-0.2, 0) is 19.1 Å². The van der Waals surface area contributed by atoms with Crippen LogP contribution < -0.4 is 22.1 Å². The number of esters is 2. The summed E-state index contributed by atoms with van der Waals surface area (Å²) in [5.41, 5.74) is 14.4. The number of nitrogens with zero attached hydrogens (tertiary/aromatic N) is 4. The Bertz CT molecular complexity index is 1390. The summed E-state index contributed by atoms with van der Waals surface area (Å²) in [6.45, 7) is 14.3. The summed E-state index contributed by atoms with van der Waals surface area (Å²) < 4.78 is 9.99. The van der Waals surface area contributed by atoms with Gasteiger partial charge in [-0.1, -0.05) is 13.2 Å². The van der Waals surface area contributed by atoms with Crippen molar-refractivity contribution in [3.63, 3.8) is 0 Å². The highest BCUT2D eigenvalue weighted by Crippen LogP contribution is 2.29. The molecule has 0 bridgehead atoms. The van der Waals surface area contributed by atoms with E-state index in [4.69, 9.17) is 31.5 Å². The molecule has 2 aromatic rings. The zero-order valence-electron chi connectivity index (χ0n) is 22.2. The van der Waals surface area contributed by atoms with Gasteiger partial charge in [0.15, 0.2) is 5.82 Å². The molecular formula is C26H30N8O4S. The molecule has 6 N–H and O–H groups in total. The number of nitrogens with two attached hydrogens (primary N) is 2. The summed E-state index contributed by atoms with van der Waals surface area (Å²) in [7, 11) is 0. The van der Waals surface area contributed by atoms with Crippen LogP contribution in [-0.4, -0.2) is 43.2 Å². The van der Waals surface area contributed by atoms with Crippen LogP contribution in [0.1, 0.15) is 41.0 Å². The average Bonchev–Trinajstić information content (AvgIpc) is 3.18. The highest BCUT2D eigenvalue weighted by atomic mass is 32.1. The molecule has 0 radical (unpaired) electrons. The molecule has 12 nitrogen and oxygen atoms in total. The summed E-state index contributed by atoms with van der Waals surface area (Å²) in [6, 6.07) is 5.99. The first kappa shape index (κ1) is 32.0. The summed E-state index contributed by atoms with van der Waals surface area (Å²) >= 11 is 1.16. The number of rotatable bonds is 10. The minimum Gasteiger partial charge on any atom is -0.460 e. The molecular weight excluding hydrogens is 520 g/mol. The number of nitriles is 3. The maximum Gasteiger partial charge on any atom is 0.333 e.